The van der Waals surface area contributed by atoms with E-state index in [9.17, 15) is 9.59 Å². The maximum Gasteiger partial charge on any atom is 0.257 e. The largest absolute Gasteiger partial charge is 0.332 e. The second kappa shape index (κ2) is 10.5. The Morgan fingerprint density at radius 3 is 2.66 bits per heavy atom. The van der Waals surface area contributed by atoms with Gasteiger partial charge in [-0.25, -0.2) is 4.98 Å². The fourth-order valence-corrected chi connectivity index (χ4v) is 6.41. The Kier molecular flexibility index (Phi) is 6.74. The van der Waals surface area contributed by atoms with E-state index in [-0.39, 0.29) is 17.9 Å². The zero-order valence-corrected chi connectivity index (χ0v) is 22.1. The Hall–Kier alpha value is -3.88. The van der Waals surface area contributed by atoms with E-state index in [4.69, 9.17) is 0 Å². The molecule has 192 valence electrons. The molecule has 8 heteroatoms. The van der Waals surface area contributed by atoms with Gasteiger partial charge < -0.3 is 9.80 Å². The minimum atomic E-state index is -0.174. The first-order valence-electron chi connectivity index (χ1n) is 12.9. The summed E-state index contributed by atoms with van der Waals surface area (Å²) in [6.07, 6.45) is 6.21. The first-order valence-corrected chi connectivity index (χ1v) is 13.8. The first-order chi connectivity index (χ1) is 18.5. The average molecular weight is 524 g/mol. The second-order valence-electron chi connectivity index (χ2n) is 9.93. The highest BCUT2D eigenvalue weighted by Crippen LogP contribution is 2.34. The Morgan fingerprint density at radius 1 is 0.974 bits per heavy atom. The van der Waals surface area contributed by atoms with Crippen LogP contribution in [0.1, 0.15) is 55.7 Å². The van der Waals surface area contributed by atoms with Crippen LogP contribution in [0.3, 0.4) is 0 Å². The van der Waals surface area contributed by atoms with E-state index >= 15 is 0 Å². The summed E-state index contributed by atoms with van der Waals surface area (Å²) in [5.41, 5.74) is 5.33. The molecule has 0 unspecified atom stereocenters. The monoisotopic (exact) mass is 523 g/mol. The quantitative estimate of drug-likeness (QED) is 0.378. The number of carbonyl (C=O) groups is 2. The summed E-state index contributed by atoms with van der Waals surface area (Å²) in [6, 6.07) is 19.2. The number of anilines is 1. The predicted molar refractivity (Wildman–Crippen MR) is 149 cm³/mol. The number of benzene rings is 2. The van der Waals surface area contributed by atoms with Crippen molar-refractivity contribution in [3.05, 3.63) is 100 Å². The van der Waals surface area contributed by atoms with Gasteiger partial charge in [-0.15, -0.1) is 11.3 Å². The third-order valence-electron chi connectivity index (χ3n) is 7.31. The predicted octanol–water partition coefficient (Wildman–Crippen LogP) is 5.42. The van der Waals surface area contributed by atoms with Gasteiger partial charge in [-0.2, -0.15) is 0 Å². The molecule has 0 radical (unpaired) electrons. The van der Waals surface area contributed by atoms with Gasteiger partial charge in [0.05, 0.1) is 11.7 Å². The van der Waals surface area contributed by atoms with Crippen LogP contribution in [0.2, 0.25) is 0 Å². The highest BCUT2D eigenvalue weighted by Gasteiger charge is 2.31. The van der Waals surface area contributed by atoms with Crippen LogP contribution < -0.4 is 5.32 Å². The maximum atomic E-state index is 13.6. The fourth-order valence-electron chi connectivity index (χ4n) is 5.33. The summed E-state index contributed by atoms with van der Waals surface area (Å²) in [6.45, 7) is 2.55. The van der Waals surface area contributed by atoms with Crippen LogP contribution in [0, 0.1) is 0 Å². The molecule has 6 rings (SSSR count). The number of hydrogen-bond donors (Lipinski definition) is 1. The number of likely N-dealkylation sites (N-methyl/N-ethyl adjacent to an activating group) is 1. The molecule has 4 aromatic rings. The van der Waals surface area contributed by atoms with Gasteiger partial charge in [-0.05, 0) is 73.0 Å². The molecule has 2 aromatic heterocycles. The SMILES string of the molecule is CN1CCc2nc(NC(=O)c3cccc([C@H]4CCCN4C(=O)c4cccc(-c5ccncc5)c4)c3)sc2C1. The maximum absolute atomic E-state index is 13.6. The molecule has 1 atom stereocenters. The number of nitrogens with one attached hydrogen (secondary N) is 1. The first kappa shape index (κ1) is 24.5. The molecule has 2 aliphatic heterocycles. The van der Waals surface area contributed by atoms with E-state index in [1.54, 1.807) is 23.7 Å². The van der Waals surface area contributed by atoms with Gasteiger partial charge in [0.25, 0.3) is 11.8 Å². The number of likely N-dealkylation sites (tertiary alicyclic amines) is 1. The summed E-state index contributed by atoms with van der Waals surface area (Å²) in [5.74, 6) is -0.163. The molecule has 1 N–H and O–H groups in total. The van der Waals surface area contributed by atoms with Gasteiger partial charge in [-0.1, -0.05) is 24.3 Å². The van der Waals surface area contributed by atoms with Crippen LogP contribution in [0.5, 0.6) is 0 Å². The lowest BCUT2D eigenvalue weighted by molar-refractivity contribution is 0.0735. The molecular weight excluding hydrogens is 494 g/mol. The summed E-state index contributed by atoms with van der Waals surface area (Å²) in [7, 11) is 2.10. The molecule has 2 amide bonds. The molecular formula is C30H29N5O2S. The Bertz CT molecular complexity index is 1490. The van der Waals surface area contributed by atoms with Crippen molar-refractivity contribution < 1.29 is 9.59 Å². The lowest BCUT2D eigenvalue weighted by Gasteiger charge is -2.26. The summed E-state index contributed by atoms with van der Waals surface area (Å²) in [5, 5.41) is 3.64. The summed E-state index contributed by atoms with van der Waals surface area (Å²) < 4.78 is 0. The van der Waals surface area contributed by atoms with E-state index in [1.807, 2.05) is 65.6 Å². The van der Waals surface area contributed by atoms with Crippen molar-refractivity contribution in [2.24, 2.45) is 0 Å². The number of carbonyl (C=O) groups excluding carboxylic acids is 2. The number of hydrogen-bond acceptors (Lipinski definition) is 6. The van der Waals surface area contributed by atoms with Crippen LogP contribution in [-0.4, -0.2) is 51.7 Å². The number of pyridine rings is 1. The zero-order valence-electron chi connectivity index (χ0n) is 21.3. The van der Waals surface area contributed by atoms with E-state index in [2.05, 4.69) is 27.2 Å². The standard InChI is InChI=1S/C30H29N5O2S/c1-34-16-12-25-27(19-34)38-30(32-25)33-28(36)23-7-3-6-22(18-23)26-9-4-15-35(26)29(37)24-8-2-5-21(17-24)20-10-13-31-14-11-20/h2-3,5-8,10-11,13-14,17-18,26H,4,9,12,15-16,19H2,1H3,(H,32,33,36)/t26-/m1/s1. The van der Waals surface area contributed by atoms with E-state index in [0.717, 1.165) is 54.7 Å². The number of thiazole rings is 1. The van der Waals surface area contributed by atoms with E-state index in [0.29, 0.717) is 22.8 Å². The minimum Gasteiger partial charge on any atom is -0.332 e. The third-order valence-corrected chi connectivity index (χ3v) is 8.31. The number of amides is 2. The lowest BCUT2D eigenvalue weighted by atomic mass is 10.00. The molecule has 0 aliphatic carbocycles. The molecule has 2 aromatic carbocycles. The highest BCUT2D eigenvalue weighted by molar-refractivity contribution is 7.15. The molecule has 4 heterocycles. The normalized spacial score (nSPS) is 17.3. The van der Waals surface area contributed by atoms with Crippen LogP contribution >= 0.6 is 11.3 Å². The molecule has 1 fully saturated rings. The number of rotatable bonds is 5. The van der Waals surface area contributed by atoms with Crippen molar-refractivity contribution in [3.63, 3.8) is 0 Å². The lowest BCUT2D eigenvalue weighted by Crippen LogP contribution is -2.30. The van der Waals surface area contributed by atoms with Crippen molar-refractivity contribution in [1.82, 2.24) is 19.8 Å². The molecule has 0 bridgehead atoms. The number of nitrogens with zero attached hydrogens (tertiary/aromatic N) is 4. The van der Waals surface area contributed by atoms with Crippen molar-refractivity contribution >= 4 is 28.3 Å². The van der Waals surface area contributed by atoms with Crippen molar-refractivity contribution in [1.29, 1.82) is 0 Å². The molecule has 2 aliphatic rings. The van der Waals surface area contributed by atoms with Crippen LogP contribution in [-0.2, 0) is 13.0 Å². The second-order valence-corrected chi connectivity index (χ2v) is 11.0. The summed E-state index contributed by atoms with van der Waals surface area (Å²) in [4.78, 5) is 40.9. The summed E-state index contributed by atoms with van der Waals surface area (Å²) >= 11 is 1.55. The molecule has 0 spiro atoms. The van der Waals surface area contributed by atoms with Gasteiger partial charge in [0.15, 0.2) is 5.13 Å². The molecule has 38 heavy (non-hydrogen) atoms. The van der Waals surface area contributed by atoms with Crippen molar-refractivity contribution in [3.8, 4) is 11.1 Å². The topological polar surface area (TPSA) is 78.4 Å². The van der Waals surface area contributed by atoms with Crippen LogP contribution in [0.4, 0.5) is 5.13 Å². The third kappa shape index (κ3) is 4.97. The van der Waals surface area contributed by atoms with Crippen LogP contribution in [0.25, 0.3) is 11.1 Å². The Morgan fingerprint density at radius 2 is 1.79 bits per heavy atom. The van der Waals surface area contributed by atoms with E-state index in [1.165, 1.54) is 4.88 Å². The van der Waals surface area contributed by atoms with Crippen molar-refractivity contribution in [2.45, 2.75) is 31.8 Å². The van der Waals surface area contributed by atoms with E-state index < -0.39 is 0 Å². The van der Waals surface area contributed by atoms with Gasteiger partial charge in [0, 0.05) is 54.5 Å². The smallest absolute Gasteiger partial charge is 0.257 e. The average Bonchev–Trinajstić information content (AvgIpc) is 3.60. The fraction of sp³-hybridized carbons (Fsp3) is 0.267. The Balaban J connectivity index is 1.19. The van der Waals surface area contributed by atoms with Gasteiger partial charge >= 0.3 is 0 Å². The van der Waals surface area contributed by atoms with Gasteiger partial charge in [0.1, 0.15) is 0 Å². The highest BCUT2D eigenvalue weighted by atomic mass is 32.1. The number of fused-ring (bicyclic) bond motifs is 1. The molecule has 1 saturated heterocycles. The number of aromatic nitrogens is 2. The van der Waals surface area contributed by atoms with Gasteiger partial charge in [-0.3, -0.25) is 19.9 Å². The Labute approximate surface area is 226 Å². The van der Waals surface area contributed by atoms with Crippen molar-refractivity contribution in [2.75, 3.05) is 25.5 Å². The zero-order chi connectivity index (χ0) is 26.1. The molecule has 7 nitrogen and oxygen atoms in total. The van der Waals surface area contributed by atoms with Crippen LogP contribution in [0.15, 0.2) is 73.1 Å². The molecule has 0 saturated carbocycles. The van der Waals surface area contributed by atoms with Gasteiger partial charge in [0.2, 0.25) is 0 Å². The minimum absolute atomic E-state index is 0.0107.